The molecule has 0 atom stereocenters. The molecular formula is C19H23F2IN2O2. The summed E-state index contributed by atoms with van der Waals surface area (Å²) in [5, 5.41) is 4.59. The fourth-order valence-corrected chi connectivity index (χ4v) is 3.55. The van der Waals surface area contributed by atoms with Crippen LogP contribution in [0.15, 0.2) is 24.3 Å². The van der Waals surface area contributed by atoms with Crippen LogP contribution < -0.4 is 4.74 Å². The summed E-state index contributed by atoms with van der Waals surface area (Å²) >= 11 is 2.26. The summed E-state index contributed by atoms with van der Waals surface area (Å²) in [4.78, 5) is 0. The van der Waals surface area contributed by atoms with Gasteiger partial charge in [0.1, 0.15) is 18.2 Å². The molecule has 0 amide bonds. The summed E-state index contributed by atoms with van der Waals surface area (Å²) in [6.07, 6.45) is 4.89. The van der Waals surface area contributed by atoms with Crippen molar-refractivity contribution in [1.82, 2.24) is 9.78 Å². The fraction of sp³-hybridized carbons (Fsp3) is 0.526. The summed E-state index contributed by atoms with van der Waals surface area (Å²) in [6, 6.07) is 5.22. The Kier molecular flexibility index (Phi) is 7.24. The Bertz CT molecular complexity index is 718. The molecule has 0 N–H and O–H groups in total. The van der Waals surface area contributed by atoms with Crippen molar-refractivity contribution in [3.05, 3.63) is 47.2 Å². The van der Waals surface area contributed by atoms with Crippen LogP contribution >= 0.6 is 22.6 Å². The van der Waals surface area contributed by atoms with Gasteiger partial charge in [0.15, 0.2) is 0 Å². The first kappa shape index (κ1) is 19.5. The summed E-state index contributed by atoms with van der Waals surface area (Å²) in [6.45, 7) is 1.84. The van der Waals surface area contributed by atoms with Crippen LogP contribution in [0.3, 0.4) is 0 Å². The summed E-state index contributed by atoms with van der Waals surface area (Å²) in [5.74, 6) is 0.219. The standard InChI is InChI=1S/C19H23F2IN2O2/c20-16-5-6-18(21)15(9-16)12-26-19-10-17(13-25-8-7-22)23-24(19)11-14-3-1-2-4-14/h5-6,9-10,14H,1-4,7-8,11-13H2. The fourth-order valence-electron chi connectivity index (χ4n) is 3.24. The predicted molar refractivity (Wildman–Crippen MR) is 103 cm³/mol. The highest BCUT2D eigenvalue weighted by Crippen LogP contribution is 2.28. The van der Waals surface area contributed by atoms with E-state index >= 15 is 0 Å². The van der Waals surface area contributed by atoms with E-state index < -0.39 is 11.6 Å². The molecule has 0 aliphatic heterocycles. The van der Waals surface area contributed by atoms with E-state index in [9.17, 15) is 8.78 Å². The lowest BCUT2D eigenvalue weighted by atomic mass is 10.1. The zero-order chi connectivity index (χ0) is 18.4. The van der Waals surface area contributed by atoms with Crippen molar-refractivity contribution >= 4 is 22.6 Å². The van der Waals surface area contributed by atoms with Gasteiger partial charge >= 0.3 is 0 Å². The molecule has 1 aliphatic carbocycles. The highest BCUT2D eigenvalue weighted by Gasteiger charge is 2.19. The van der Waals surface area contributed by atoms with E-state index in [2.05, 4.69) is 27.7 Å². The topological polar surface area (TPSA) is 36.3 Å². The molecule has 0 bridgehead atoms. The normalized spacial score (nSPS) is 14.9. The third-order valence-electron chi connectivity index (χ3n) is 4.55. The van der Waals surface area contributed by atoms with Gasteiger partial charge in [-0.1, -0.05) is 35.4 Å². The Balaban J connectivity index is 1.70. The van der Waals surface area contributed by atoms with Crippen molar-refractivity contribution in [2.24, 2.45) is 5.92 Å². The molecule has 0 radical (unpaired) electrons. The third kappa shape index (κ3) is 5.39. The first-order valence-corrected chi connectivity index (χ1v) is 10.5. The molecule has 3 rings (SSSR count). The van der Waals surface area contributed by atoms with Crippen LogP contribution in [-0.2, 0) is 24.5 Å². The Morgan fingerprint density at radius 3 is 2.73 bits per heavy atom. The van der Waals surface area contributed by atoms with E-state index in [0.29, 0.717) is 25.0 Å². The zero-order valence-electron chi connectivity index (χ0n) is 14.6. The molecule has 1 aromatic heterocycles. The monoisotopic (exact) mass is 476 g/mol. The maximum atomic E-state index is 13.8. The number of ether oxygens (including phenoxy) is 2. The lowest BCUT2D eigenvalue weighted by Gasteiger charge is -2.13. The number of aromatic nitrogens is 2. The van der Waals surface area contributed by atoms with E-state index in [1.165, 1.54) is 25.7 Å². The van der Waals surface area contributed by atoms with E-state index in [-0.39, 0.29) is 12.2 Å². The second kappa shape index (κ2) is 9.64. The van der Waals surface area contributed by atoms with Crippen molar-refractivity contribution in [2.45, 2.75) is 45.4 Å². The summed E-state index contributed by atoms with van der Waals surface area (Å²) in [7, 11) is 0. The van der Waals surface area contributed by atoms with Crippen molar-refractivity contribution in [3.63, 3.8) is 0 Å². The van der Waals surface area contributed by atoms with Crippen LogP contribution in [0.5, 0.6) is 5.88 Å². The largest absolute Gasteiger partial charge is 0.473 e. The SMILES string of the molecule is Fc1ccc(F)c(COc2cc(COCCI)nn2CC2CCCC2)c1. The highest BCUT2D eigenvalue weighted by atomic mass is 127. The molecule has 7 heteroatoms. The van der Waals surface area contributed by atoms with Crippen LogP contribution in [0.2, 0.25) is 0 Å². The smallest absolute Gasteiger partial charge is 0.212 e. The second-order valence-corrected chi connectivity index (χ2v) is 7.65. The van der Waals surface area contributed by atoms with Gasteiger partial charge in [0, 0.05) is 22.6 Å². The molecule has 4 nitrogen and oxygen atoms in total. The van der Waals surface area contributed by atoms with E-state index in [0.717, 1.165) is 34.9 Å². The first-order chi connectivity index (χ1) is 12.7. The van der Waals surface area contributed by atoms with Crippen LogP contribution in [0.1, 0.15) is 36.9 Å². The number of halogens is 3. The Morgan fingerprint density at radius 1 is 1.15 bits per heavy atom. The maximum absolute atomic E-state index is 13.8. The molecule has 0 saturated heterocycles. The molecule has 1 heterocycles. The van der Waals surface area contributed by atoms with Crippen LogP contribution in [-0.4, -0.2) is 20.8 Å². The second-order valence-electron chi connectivity index (χ2n) is 6.57. The van der Waals surface area contributed by atoms with Crippen LogP contribution in [0.25, 0.3) is 0 Å². The summed E-state index contributed by atoms with van der Waals surface area (Å²) in [5.41, 5.74) is 0.990. The molecular weight excluding hydrogens is 453 g/mol. The van der Waals surface area contributed by atoms with Gasteiger partial charge in [-0.25, -0.2) is 13.5 Å². The Hall–Kier alpha value is -1.22. The Labute approximate surface area is 166 Å². The van der Waals surface area contributed by atoms with Crippen molar-refractivity contribution < 1.29 is 18.3 Å². The van der Waals surface area contributed by atoms with Crippen molar-refractivity contribution in [3.8, 4) is 5.88 Å². The van der Waals surface area contributed by atoms with Crippen LogP contribution in [0, 0.1) is 17.6 Å². The number of benzene rings is 1. The predicted octanol–water partition coefficient (Wildman–Crippen LogP) is 4.88. The van der Waals surface area contributed by atoms with Gasteiger partial charge < -0.3 is 9.47 Å². The third-order valence-corrected chi connectivity index (χ3v) is 4.99. The zero-order valence-corrected chi connectivity index (χ0v) is 16.8. The van der Waals surface area contributed by atoms with Crippen molar-refractivity contribution in [1.29, 1.82) is 0 Å². The van der Waals surface area contributed by atoms with Gasteiger partial charge in [-0.15, -0.1) is 0 Å². The molecule has 0 spiro atoms. The molecule has 2 aromatic rings. The molecule has 26 heavy (non-hydrogen) atoms. The minimum Gasteiger partial charge on any atom is -0.473 e. The minimum absolute atomic E-state index is 0.0337. The number of hydrogen-bond donors (Lipinski definition) is 0. The number of rotatable bonds is 9. The molecule has 1 fully saturated rings. The lowest BCUT2D eigenvalue weighted by Crippen LogP contribution is -2.12. The van der Waals surface area contributed by atoms with Crippen molar-refractivity contribution in [2.75, 3.05) is 11.0 Å². The van der Waals surface area contributed by atoms with Gasteiger partial charge in [-0.2, -0.15) is 5.10 Å². The molecule has 1 aliphatic rings. The van der Waals surface area contributed by atoms with Gasteiger partial charge in [0.2, 0.25) is 5.88 Å². The van der Waals surface area contributed by atoms with Gasteiger partial charge in [0.05, 0.1) is 18.9 Å². The lowest BCUT2D eigenvalue weighted by molar-refractivity contribution is 0.134. The van der Waals surface area contributed by atoms with E-state index in [1.54, 1.807) is 0 Å². The molecule has 1 saturated carbocycles. The number of nitrogens with zero attached hydrogens (tertiary/aromatic N) is 2. The first-order valence-electron chi connectivity index (χ1n) is 8.93. The molecule has 1 aromatic carbocycles. The van der Waals surface area contributed by atoms with Gasteiger partial charge in [-0.05, 0) is 37.0 Å². The average Bonchev–Trinajstić information content (AvgIpc) is 3.26. The van der Waals surface area contributed by atoms with Gasteiger partial charge in [-0.3, -0.25) is 0 Å². The summed E-state index contributed by atoms with van der Waals surface area (Å²) < 4.78 is 41.3. The molecule has 0 unspecified atom stereocenters. The Morgan fingerprint density at radius 2 is 1.96 bits per heavy atom. The van der Waals surface area contributed by atoms with E-state index in [1.807, 2.05) is 10.7 Å². The average molecular weight is 476 g/mol. The quantitative estimate of drug-likeness (QED) is 0.294. The minimum atomic E-state index is -0.475. The number of hydrogen-bond acceptors (Lipinski definition) is 3. The maximum Gasteiger partial charge on any atom is 0.212 e. The number of alkyl halides is 1. The van der Waals surface area contributed by atoms with Crippen LogP contribution in [0.4, 0.5) is 8.78 Å². The highest BCUT2D eigenvalue weighted by molar-refractivity contribution is 14.1. The molecule has 142 valence electrons. The van der Waals surface area contributed by atoms with E-state index in [4.69, 9.17) is 9.47 Å². The van der Waals surface area contributed by atoms with Gasteiger partial charge in [0.25, 0.3) is 0 Å².